The third kappa shape index (κ3) is 2.85. The largest absolute Gasteiger partial charge is 0.381 e. The third-order valence-electron chi connectivity index (χ3n) is 2.34. The quantitative estimate of drug-likeness (QED) is 0.872. The fourth-order valence-electron chi connectivity index (χ4n) is 1.53. The van der Waals surface area contributed by atoms with Gasteiger partial charge in [0.25, 0.3) is 10.0 Å². The Hall–Kier alpha value is -1.25. The van der Waals surface area contributed by atoms with Gasteiger partial charge in [-0.15, -0.1) is 0 Å². The summed E-state index contributed by atoms with van der Waals surface area (Å²) in [5.41, 5.74) is 5.89. The molecule has 3 N–H and O–H groups in total. The summed E-state index contributed by atoms with van der Waals surface area (Å²) in [6.07, 6.45) is 1.33. The Morgan fingerprint density at radius 3 is 2.74 bits per heavy atom. The van der Waals surface area contributed by atoms with Gasteiger partial charge in [0.1, 0.15) is 0 Å². The molecule has 0 amide bonds. The third-order valence-corrected chi connectivity index (χ3v) is 4.76. The van der Waals surface area contributed by atoms with Crippen LogP contribution in [-0.4, -0.2) is 18.0 Å². The van der Waals surface area contributed by atoms with Crippen LogP contribution in [0.15, 0.2) is 34.0 Å². The molecule has 0 atom stereocenters. The van der Waals surface area contributed by atoms with E-state index >= 15 is 0 Å². The Balaban J connectivity index is 2.45. The van der Waals surface area contributed by atoms with E-state index in [0.717, 1.165) is 0 Å². The molecule has 0 spiro atoms. The van der Waals surface area contributed by atoms with Gasteiger partial charge in [-0.2, -0.15) is 8.42 Å². The first kappa shape index (κ1) is 14.2. The number of aryl methyl sites for hydroxylation is 1. The molecule has 102 valence electrons. The van der Waals surface area contributed by atoms with Gasteiger partial charge < -0.3 is 10.3 Å². The molecule has 0 fully saturated rings. The number of imidazole rings is 1. The van der Waals surface area contributed by atoms with E-state index in [1.165, 1.54) is 17.0 Å². The molecule has 9 heteroatoms. The Labute approximate surface area is 123 Å². The zero-order valence-corrected chi connectivity index (χ0v) is 12.9. The molecule has 2 aromatic rings. The lowest BCUT2D eigenvalue weighted by Crippen LogP contribution is -2.17. The van der Waals surface area contributed by atoms with E-state index in [9.17, 15) is 8.42 Å². The molecule has 1 heterocycles. The van der Waals surface area contributed by atoms with E-state index in [1.807, 2.05) is 0 Å². The van der Waals surface area contributed by atoms with Crippen molar-refractivity contribution >= 4 is 49.1 Å². The number of aromatic nitrogens is 2. The van der Waals surface area contributed by atoms with Crippen molar-refractivity contribution in [2.24, 2.45) is 7.05 Å². The van der Waals surface area contributed by atoms with Gasteiger partial charge in [-0.05, 0) is 34.1 Å². The predicted molar refractivity (Wildman–Crippen MR) is 77.6 cm³/mol. The molecule has 0 saturated carbocycles. The standard InChI is InChI=1S/C10H10BrClN4O2S/c1-16-5-14-9(13)10(16)19(17,18)15-8-4-6(12)2-3-7(8)11/h2-5,15H,13H2,1H3. The van der Waals surface area contributed by atoms with Crippen LogP contribution in [-0.2, 0) is 17.1 Å². The van der Waals surface area contributed by atoms with Gasteiger partial charge in [-0.1, -0.05) is 11.6 Å². The van der Waals surface area contributed by atoms with Crippen molar-refractivity contribution in [1.29, 1.82) is 0 Å². The summed E-state index contributed by atoms with van der Waals surface area (Å²) in [5, 5.41) is 0.318. The summed E-state index contributed by atoms with van der Waals surface area (Å²) in [6, 6.07) is 4.78. The number of nitrogens with zero attached hydrogens (tertiary/aromatic N) is 2. The highest BCUT2D eigenvalue weighted by Crippen LogP contribution is 2.28. The van der Waals surface area contributed by atoms with Crippen molar-refractivity contribution in [1.82, 2.24) is 9.55 Å². The van der Waals surface area contributed by atoms with E-state index in [2.05, 4.69) is 25.6 Å². The second-order valence-corrected chi connectivity index (χ2v) is 6.66. The summed E-state index contributed by atoms with van der Waals surface area (Å²) in [7, 11) is -2.29. The summed E-state index contributed by atoms with van der Waals surface area (Å²) < 4.78 is 28.8. The van der Waals surface area contributed by atoms with Crippen molar-refractivity contribution in [3.63, 3.8) is 0 Å². The van der Waals surface area contributed by atoms with Crippen LogP contribution in [0, 0.1) is 0 Å². The minimum absolute atomic E-state index is 0.0619. The van der Waals surface area contributed by atoms with Gasteiger partial charge >= 0.3 is 0 Å². The second-order valence-electron chi connectivity index (χ2n) is 3.78. The number of nitrogens with two attached hydrogens (primary N) is 1. The van der Waals surface area contributed by atoms with Crippen LogP contribution >= 0.6 is 27.5 Å². The maximum Gasteiger partial charge on any atom is 0.281 e. The molecule has 0 radical (unpaired) electrons. The normalized spacial score (nSPS) is 11.5. The van der Waals surface area contributed by atoms with Gasteiger partial charge in [-0.25, -0.2) is 4.98 Å². The Kier molecular flexibility index (Phi) is 3.75. The van der Waals surface area contributed by atoms with Gasteiger partial charge in [0, 0.05) is 16.5 Å². The van der Waals surface area contributed by atoms with Crippen LogP contribution in [0.1, 0.15) is 0 Å². The molecule has 0 aliphatic rings. The summed E-state index contributed by atoms with van der Waals surface area (Å²) in [5.74, 6) is -0.0619. The molecule has 0 aliphatic carbocycles. The predicted octanol–water partition coefficient (Wildman–Crippen LogP) is 2.22. The van der Waals surface area contributed by atoms with Gasteiger partial charge in [0.2, 0.25) is 0 Å². The van der Waals surface area contributed by atoms with Crippen LogP contribution in [0.2, 0.25) is 5.02 Å². The highest BCUT2D eigenvalue weighted by molar-refractivity contribution is 9.10. The Morgan fingerprint density at radius 1 is 1.47 bits per heavy atom. The lowest BCUT2D eigenvalue weighted by Gasteiger charge is -2.10. The van der Waals surface area contributed by atoms with E-state index in [1.54, 1.807) is 19.2 Å². The number of benzene rings is 1. The zero-order valence-electron chi connectivity index (χ0n) is 9.76. The van der Waals surface area contributed by atoms with Crippen LogP contribution in [0.4, 0.5) is 11.5 Å². The van der Waals surface area contributed by atoms with Crippen molar-refractivity contribution in [3.8, 4) is 0 Å². The number of hydrogen-bond acceptors (Lipinski definition) is 4. The first-order valence-electron chi connectivity index (χ1n) is 5.06. The lowest BCUT2D eigenvalue weighted by molar-refractivity contribution is 0.592. The van der Waals surface area contributed by atoms with Crippen LogP contribution in [0.25, 0.3) is 0 Å². The van der Waals surface area contributed by atoms with Gasteiger partial charge in [0.15, 0.2) is 10.8 Å². The Morgan fingerprint density at radius 2 is 2.16 bits per heavy atom. The molecular weight excluding hydrogens is 356 g/mol. The van der Waals surface area contributed by atoms with E-state index in [-0.39, 0.29) is 10.8 Å². The number of nitrogens with one attached hydrogen (secondary N) is 1. The first-order valence-corrected chi connectivity index (χ1v) is 7.71. The molecule has 19 heavy (non-hydrogen) atoms. The molecular formula is C10H10BrClN4O2S. The molecule has 0 bridgehead atoms. The van der Waals surface area contributed by atoms with Gasteiger partial charge in [0.05, 0.1) is 12.0 Å². The molecule has 1 aromatic heterocycles. The number of hydrogen-bond donors (Lipinski definition) is 2. The summed E-state index contributed by atoms with van der Waals surface area (Å²) in [6.45, 7) is 0. The number of anilines is 2. The van der Waals surface area contributed by atoms with E-state index < -0.39 is 10.0 Å². The summed E-state index contributed by atoms with van der Waals surface area (Å²) in [4.78, 5) is 3.75. The van der Waals surface area contributed by atoms with Crippen molar-refractivity contribution in [2.45, 2.75) is 5.03 Å². The average Bonchev–Trinajstić information content (AvgIpc) is 2.64. The first-order chi connectivity index (χ1) is 8.81. The van der Waals surface area contributed by atoms with Crippen molar-refractivity contribution < 1.29 is 8.42 Å². The fraction of sp³-hybridized carbons (Fsp3) is 0.100. The molecule has 2 rings (SSSR count). The minimum atomic E-state index is -3.83. The summed E-state index contributed by atoms with van der Waals surface area (Å²) >= 11 is 9.08. The number of rotatable bonds is 3. The Bertz CT molecular complexity index is 710. The van der Waals surface area contributed by atoms with Crippen molar-refractivity contribution in [3.05, 3.63) is 34.0 Å². The maximum atomic E-state index is 12.3. The highest BCUT2D eigenvalue weighted by Gasteiger charge is 2.23. The molecule has 0 saturated heterocycles. The van der Waals surface area contributed by atoms with E-state index in [4.69, 9.17) is 17.3 Å². The van der Waals surface area contributed by atoms with Gasteiger partial charge in [-0.3, -0.25) is 4.72 Å². The zero-order chi connectivity index (χ0) is 14.2. The minimum Gasteiger partial charge on any atom is -0.381 e. The average molecular weight is 366 g/mol. The van der Waals surface area contributed by atoms with Crippen LogP contribution < -0.4 is 10.5 Å². The topological polar surface area (TPSA) is 90.0 Å². The maximum absolute atomic E-state index is 12.3. The SMILES string of the molecule is Cn1cnc(N)c1S(=O)(=O)Nc1cc(Cl)ccc1Br. The van der Waals surface area contributed by atoms with Crippen molar-refractivity contribution in [2.75, 3.05) is 10.5 Å². The van der Waals surface area contributed by atoms with E-state index in [0.29, 0.717) is 15.2 Å². The smallest absolute Gasteiger partial charge is 0.281 e. The second kappa shape index (κ2) is 5.03. The van der Waals surface area contributed by atoms with Crippen LogP contribution in [0.3, 0.4) is 0 Å². The molecule has 0 unspecified atom stereocenters. The number of sulfonamides is 1. The number of nitrogen functional groups attached to an aromatic ring is 1. The highest BCUT2D eigenvalue weighted by atomic mass is 79.9. The molecule has 0 aliphatic heterocycles. The monoisotopic (exact) mass is 364 g/mol. The molecule has 6 nitrogen and oxygen atoms in total. The fourth-order valence-corrected chi connectivity index (χ4v) is 3.49. The van der Waals surface area contributed by atoms with Crippen LogP contribution in [0.5, 0.6) is 0 Å². The number of halogens is 2. The lowest BCUT2D eigenvalue weighted by atomic mass is 10.3. The molecule has 1 aromatic carbocycles.